The number of nitrogens with zero attached hydrogens (tertiary/aromatic N) is 4. The van der Waals surface area contributed by atoms with Crippen LogP contribution in [0.15, 0.2) is 73.3 Å². The van der Waals surface area contributed by atoms with Gasteiger partial charge in [0.05, 0.1) is 5.92 Å². The summed E-state index contributed by atoms with van der Waals surface area (Å²) in [6, 6.07) is 17.7. The van der Waals surface area contributed by atoms with Crippen molar-refractivity contribution in [1.29, 1.82) is 0 Å². The lowest BCUT2D eigenvalue weighted by Crippen LogP contribution is -2.21. The van der Waals surface area contributed by atoms with Gasteiger partial charge >= 0.3 is 0 Å². The lowest BCUT2D eigenvalue weighted by atomic mass is 9.79. The first-order valence-electron chi connectivity index (χ1n) is 9.62. The van der Waals surface area contributed by atoms with Crippen LogP contribution in [0.3, 0.4) is 0 Å². The molecule has 0 radical (unpaired) electrons. The number of aryl methyl sites for hydroxylation is 4. The zero-order valence-electron chi connectivity index (χ0n) is 16.9. The third-order valence-corrected chi connectivity index (χ3v) is 5.48. The highest BCUT2D eigenvalue weighted by Gasteiger charge is 2.33. The smallest absolute Gasteiger partial charge is 0.120 e. The summed E-state index contributed by atoms with van der Waals surface area (Å²) in [7, 11) is 4.11. The highest BCUT2D eigenvalue weighted by molar-refractivity contribution is 5.41. The predicted molar refractivity (Wildman–Crippen MR) is 112 cm³/mol. The summed E-state index contributed by atoms with van der Waals surface area (Å²) in [5.74, 6) is 2.15. The summed E-state index contributed by atoms with van der Waals surface area (Å²) in [5, 5.41) is 0. The maximum atomic E-state index is 4.73. The van der Waals surface area contributed by atoms with Crippen LogP contribution in [0.2, 0.25) is 0 Å². The van der Waals surface area contributed by atoms with Crippen LogP contribution in [0.1, 0.15) is 45.7 Å². The molecule has 0 saturated heterocycles. The Labute approximate surface area is 166 Å². The lowest BCUT2D eigenvalue weighted by molar-refractivity contribution is 0.573. The Kier molecular flexibility index (Phi) is 4.86. The third-order valence-electron chi connectivity index (χ3n) is 5.48. The summed E-state index contributed by atoms with van der Waals surface area (Å²) in [4.78, 5) is 9.46. The van der Waals surface area contributed by atoms with E-state index in [2.05, 4.69) is 85.6 Å². The van der Waals surface area contributed by atoms with Gasteiger partial charge in [-0.25, -0.2) is 9.97 Å². The molecule has 142 valence electrons. The molecule has 0 fully saturated rings. The van der Waals surface area contributed by atoms with Gasteiger partial charge in [-0.1, -0.05) is 59.7 Å². The topological polar surface area (TPSA) is 35.6 Å². The van der Waals surface area contributed by atoms with E-state index >= 15 is 0 Å². The van der Waals surface area contributed by atoms with Gasteiger partial charge in [-0.2, -0.15) is 0 Å². The van der Waals surface area contributed by atoms with Gasteiger partial charge in [0.15, 0.2) is 0 Å². The van der Waals surface area contributed by atoms with E-state index in [9.17, 15) is 0 Å². The molecule has 0 aliphatic rings. The van der Waals surface area contributed by atoms with Crippen molar-refractivity contribution in [2.24, 2.45) is 14.1 Å². The van der Waals surface area contributed by atoms with Gasteiger partial charge in [-0.15, -0.1) is 0 Å². The molecule has 0 aliphatic carbocycles. The van der Waals surface area contributed by atoms with Crippen molar-refractivity contribution >= 4 is 0 Å². The second kappa shape index (κ2) is 7.47. The summed E-state index contributed by atoms with van der Waals surface area (Å²) < 4.78 is 4.21. The Bertz CT molecular complexity index is 969. The predicted octanol–water partition coefficient (Wildman–Crippen LogP) is 4.73. The number of hydrogen-bond acceptors (Lipinski definition) is 2. The van der Waals surface area contributed by atoms with Crippen LogP contribution < -0.4 is 0 Å². The molecule has 0 amide bonds. The molecule has 0 unspecified atom stereocenters. The molecular formula is C24H26N4. The van der Waals surface area contributed by atoms with E-state index in [0.717, 1.165) is 11.6 Å². The summed E-state index contributed by atoms with van der Waals surface area (Å²) in [5.41, 5.74) is 5.06. The molecule has 0 bridgehead atoms. The second-order valence-electron chi connectivity index (χ2n) is 7.57. The van der Waals surface area contributed by atoms with Crippen LogP contribution in [0, 0.1) is 13.8 Å². The average molecular weight is 371 g/mol. The van der Waals surface area contributed by atoms with Crippen LogP contribution in [0.5, 0.6) is 0 Å². The Balaban J connectivity index is 1.95. The van der Waals surface area contributed by atoms with Crippen LogP contribution in [0.4, 0.5) is 0 Å². The van der Waals surface area contributed by atoms with Crippen LogP contribution >= 0.6 is 0 Å². The summed E-state index contributed by atoms with van der Waals surface area (Å²) >= 11 is 0. The first-order chi connectivity index (χ1) is 13.5. The van der Waals surface area contributed by atoms with Crippen LogP contribution in [-0.2, 0) is 14.1 Å². The molecule has 2 heterocycles. The molecule has 0 spiro atoms. The van der Waals surface area contributed by atoms with Crippen molar-refractivity contribution in [3.63, 3.8) is 0 Å². The molecule has 4 rings (SSSR count). The number of imidazole rings is 2. The lowest BCUT2D eigenvalue weighted by Gasteiger charge is -2.28. The first kappa shape index (κ1) is 18.2. The maximum absolute atomic E-state index is 4.73. The molecular weight excluding hydrogens is 344 g/mol. The maximum Gasteiger partial charge on any atom is 0.120 e. The van der Waals surface area contributed by atoms with E-state index in [4.69, 9.17) is 9.97 Å². The van der Waals surface area contributed by atoms with E-state index < -0.39 is 0 Å². The highest BCUT2D eigenvalue weighted by Crippen LogP contribution is 2.41. The summed E-state index contributed by atoms with van der Waals surface area (Å²) in [6.07, 6.45) is 7.75. The minimum Gasteiger partial charge on any atom is -0.337 e. The van der Waals surface area contributed by atoms with Crippen molar-refractivity contribution in [3.05, 3.63) is 107 Å². The SMILES string of the molecule is Cc1ccc(C(c2ccc(C)cc2)C(c2nccn2C)c2nccn2C)cc1. The van der Waals surface area contributed by atoms with Crippen LogP contribution in [0.25, 0.3) is 0 Å². The molecule has 4 heteroatoms. The zero-order chi connectivity index (χ0) is 19.7. The normalized spacial score (nSPS) is 11.5. The van der Waals surface area contributed by atoms with Crippen molar-refractivity contribution in [3.8, 4) is 0 Å². The molecule has 28 heavy (non-hydrogen) atoms. The van der Waals surface area contributed by atoms with Gasteiger partial charge in [0, 0.05) is 44.8 Å². The Hall–Kier alpha value is -3.14. The van der Waals surface area contributed by atoms with Gasteiger partial charge in [0.2, 0.25) is 0 Å². The molecule has 0 saturated carbocycles. The quantitative estimate of drug-likeness (QED) is 0.509. The molecule has 4 nitrogen and oxygen atoms in total. The highest BCUT2D eigenvalue weighted by atomic mass is 15.1. The molecule has 4 aromatic rings. The molecule has 0 atom stereocenters. The molecule has 0 N–H and O–H groups in total. The van der Waals surface area contributed by atoms with Crippen molar-refractivity contribution in [2.45, 2.75) is 25.7 Å². The molecule has 0 aliphatic heterocycles. The van der Waals surface area contributed by atoms with Crippen molar-refractivity contribution in [2.75, 3.05) is 0 Å². The largest absolute Gasteiger partial charge is 0.337 e. The van der Waals surface area contributed by atoms with Gasteiger partial charge in [-0.05, 0) is 25.0 Å². The van der Waals surface area contributed by atoms with E-state index in [1.54, 1.807) is 0 Å². The summed E-state index contributed by atoms with van der Waals surface area (Å²) in [6.45, 7) is 4.25. The Morgan fingerprint density at radius 3 is 1.32 bits per heavy atom. The zero-order valence-corrected chi connectivity index (χ0v) is 16.9. The van der Waals surface area contributed by atoms with E-state index in [-0.39, 0.29) is 11.8 Å². The fraction of sp³-hybridized carbons (Fsp3) is 0.250. The van der Waals surface area contributed by atoms with Gasteiger partial charge < -0.3 is 9.13 Å². The first-order valence-corrected chi connectivity index (χ1v) is 9.62. The third kappa shape index (κ3) is 3.38. The van der Waals surface area contributed by atoms with Gasteiger partial charge in [-0.3, -0.25) is 0 Å². The van der Waals surface area contributed by atoms with Crippen molar-refractivity contribution < 1.29 is 0 Å². The minimum atomic E-state index is 0.00501. The van der Waals surface area contributed by atoms with E-state index in [0.29, 0.717) is 0 Å². The van der Waals surface area contributed by atoms with E-state index in [1.807, 2.05) is 24.8 Å². The van der Waals surface area contributed by atoms with Crippen LogP contribution in [-0.4, -0.2) is 19.1 Å². The Morgan fingerprint density at radius 1 is 0.607 bits per heavy atom. The van der Waals surface area contributed by atoms with E-state index in [1.165, 1.54) is 22.3 Å². The van der Waals surface area contributed by atoms with Gasteiger partial charge in [0.1, 0.15) is 11.6 Å². The molecule has 2 aromatic heterocycles. The minimum absolute atomic E-state index is 0.00501. The Morgan fingerprint density at radius 2 is 1.00 bits per heavy atom. The number of hydrogen-bond donors (Lipinski definition) is 0. The second-order valence-corrected chi connectivity index (χ2v) is 7.57. The monoisotopic (exact) mass is 370 g/mol. The number of rotatable bonds is 5. The fourth-order valence-corrected chi connectivity index (χ4v) is 3.89. The fourth-order valence-electron chi connectivity index (χ4n) is 3.89. The standard InChI is InChI=1S/C24H26N4/c1-17-5-9-19(10-6-17)21(20-11-7-18(2)8-12-20)22(23-25-13-15-27(23)3)24-26-14-16-28(24)4/h5-16,21-22H,1-4H3. The number of aromatic nitrogens is 4. The van der Waals surface area contributed by atoms with Gasteiger partial charge in [0.25, 0.3) is 0 Å². The molecule has 2 aromatic carbocycles. The van der Waals surface area contributed by atoms with Crippen molar-refractivity contribution in [1.82, 2.24) is 19.1 Å². The number of benzene rings is 2. The average Bonchev–Trinajstić information content (AvgIpc) is 3.30.